The van der Waals surface area contributed by atoms with Crippen LogP contribution in [0.25, 0.3) is 0 Å². The first-order valence-electron chi connectivity index (χ1n) is 3.56. The highest BCUT2D eigenvalue weighted by Gasteiger charge is 2.16. The molecule has 3 amide bonds. The average Bonchev–Trinajstić information content (AvgIpc) is 2.01. The van der Waals surface area contributed by atoms with Gasteiger partial charge >= 0.3 is 12.1 Å². The van der Waals surface area contributed by atoms with Gasteiger partial charge in [0.05, 0.1) is 6.61 Å². The van der Waals surface area contributed by atoms with Crippen LogP contribution in [0.1, 0.15) is 6.92 Å². The molecule has 0 aromatic carbocycles. The number of hydrogen-bond acceptors (Lipinski definition) is 4. The average molecular weight is 221 g/mol. The highest BCUT2D eigenvalue weighted by atomic mass is 32.1. The lowest BCUT2D eigenvalue weighted by Gasteiger charge is -2.21. The Morgan fingerprint density at radius 3 is 2.36 bits per heavy atom. The molecule has 0 saturated carbocycles. The van der Waals surface area contributed by atoms with Gasteiger partial charge in [-0.05, 0) is 19.1 Å². The predicted molar refractivity (Wildman–Crippen MR) is 51.5 cm³/mol. The largest absolute Gasteiger partial charge is 0.448 e. The van der Waals surface area contributed by atoms with Crippen LogP contribution in [0.15, 0.2) is 0 Å². The standard InChI is InChI=1S/C5H11N5O3S/c1-2-13-5(12)10(8-3(6)11)9-4(7)14/h2H2,1H3,(H3,6,8,11)(H3,7,9,14). The molecule has 0 aromatic heterocycles. The molecule has 0 aromatic rings. The fourth-order valence-corrected chi connectivity index (χ4v) is 0.619. The van der Waals surface area contributed by atoms with Crippen molar-refractivity contribution in [2.45, 2.75) is 6.92 Å². The van der Waals surface area contributed by atoms with Crippen LogP contribution in [0.3, 0.4) is 0 Å². The zero-order valence-electron chi connectivity index (χ0n) is 7.44. The molecule has 0 heterocycles. The molecule has 14 heavy (non-hydrogen) atoms. The Morgan fingerprint density at radius 2 is 2.00 bits per heavy atom. The maximum atomic E-state index is 11.1. The smallest absolute Gasteiger partial charge is 0.447 e. The first kappa shape index (κ1) is 12.2. The van der Waals surface area contributed by atoms with Gasteiger partial charge in [0.2, 0.25) is 0 Å². The fourth-order valence-electron chi connectivity index (χ4n) is 0.528. The van der Waals surface area contributed by atoms with E-state index in [9.17, 15) is 9.59 Å². The molecule has 0 atom stereocenters. The van der Waals surface area contributed by atoms with Crippen LogP contribution in [0.5, 0.6) is 0 Å². The van der Waals surface area contributed by atoms with E-state index in [-0.39, 0.29) is 11.7 Å². The van der Waals surface area contributed by atoms with E-state index in [0.717, 1.165) is 0 Å². The Labute approximate surface area is 85.5 Å². The molecule has 0 unspecified atom stereocenters. The highest BCUT2D eigenvalue weighted by Crippen LogP contribution is 1.85. The third-order valence-corrected chi connectivity index (χ3v) is 0.986. The highest BCUT2D eigenvalue weighted by molar-refractivity contribution is 7.80. The maximum Gasteiger partial charge on any atom is 0.448 e. The van der Waals surface area contributed by atoms with Crippen LogP contribution in [-0.4, -0.2) is 29.0 Å². The van der Waals surface area contributed by atoms with E-state index in [2.05, 4.69) is 22.4 Å². The van der Waals surface area contributed by atoms with E-state index in [1.54, 1.807) is 6.92 Å². The Balaban J connectivity index is 4.29. The Hall–Kier alpha value is -1.77. The van der Waals surface area contributed by atoms with Crippen LogP contribution in [-0.2, 0) is 4.74 Å². The second kappa shape index (κ2) is 5.80. The first-order chi connectivity index (χ1) is 6.47. The summed E-state index contributed by atoms with van der Waals surface area (Å²) in [6, 6.07) is -0.957. The molecule has 0 radical (unpaired) electrons. The second-order valence-corrected chi connectivity index (χ2v) is 2.43. The number of nitrogens with two attached hydrogens (primary N) is 2. The lowest BCUT2D eigenvalue weighted by atomic mass is 10.9. The molecule has 0 aliphatic carbocycles. The normalized spacial score (nSPS) is 8.64. The molecular weight excluding hydrogens is 210 g/mol. The van der Waals surface area contributed by atoms with E-state index >= 15 is 0 Å². The molecule has 9 heteroatoms. The van der Waals surface area contributed by atoms with Gasteiger partial charge in [-0.25, -0.2) is 20.4 Å². The van der Waals surface area contributed by atoms with E-state index in [4.69, 9.17) is 11.5 Å². The van der Waals surface area contributed by atoms with Crippen LogP contribution in [0.4, 0.5) is 9.59 Å². The van der Waals surface area contributed by atoms with E-state index in [1.807, 2.05) is 5.43 Å². The number of thiocarbonyl (C=S) groups is 1. The van der Waals surface area contributed by atoms with Gasteiger partial charge in [0.1, 0.15) is 0 Å². The summed E-state index contributed by atoms with van der Waals surface area (Å²) in [5.41, 5.74) is 13.9. The number of hydrogen-bond donors (Lipinski definition) is 4. The van der Waals surface area contributed by atoms with Crippen molar-refractivity contribution in [3.63, 3.8) is 0 Å². The van der Waals surface area contributed by atoms with Gasteiger partial charge < -0.3 is 16.2 Å². The van der Waals surface area contributed by atoms with Gasteiger partial charge in [-0.2, -0.15) is 0 Å². The molecule has 0 fully saturated rings. The topological polar surface area (TPSA) is 123 Å². The Morgan fingerprint density at radius 1 is 1.43 bits per heavy atom. The maximum absolute atomic E-state index is 11.1. The van der Waals surface area contributed by atoms with E-state index < -0.39 is 12.1 Å². The predicted octanol–water partition coefficient (Wildman–Crippen LogP) is -1.22. The minimum absolute atomic E-state index is 0.134. The summed E-state index contributed by atoms with van der Waals surface area (Å²) in [4.78, 5) is 21.5. The van der Waals surface area contributed by atoms with E-state index in [1.165, 1.54) is 0 Å². The zero-order valence-corrected chi connectivity index (χ0v) is 8.26. The molecule has 8 nitrogen and oxygen atoms in total. The van der Waals surface area contributed by atoms with Crippen molar-refractivity contribution >= 4 is 29.5 Å². The van der Waals surface area contributed by atoms with Crippen molar-refractivity contribution < 1.29 is 14.3 Å². The summed E-state index contributed by atoms with van der Waals surface area (Å²) >= 11 is 4.45. The number of carbonyl (C=O) groups is 2. The molecule has 80 valence electrons. The van der Waals surface area contributed by atoms with E-state index in [0.29, 0.717) is 5.12 Å². The van der Waals surface area contributed by atoms with Crippen molar-refractivity contribution in [2.24, 2.45) is 11.5 Å². The molecule has 0 aliphatic heterocycles. The summed E-state index contributed by atoms with van der Waals surface area (Å²) in [7, 11) is 0. The summed E-state index contributed by atoms with van der Waals surface area (Å²) < 4.78 is 4.54. The van der Waals surface area contributed by atoms with Crippen LogP contribution < -0.4 is 22.3 Å². The lowest BCUT2D eigenvalue weighted by Crippen LogP contribution is -2.58. The number of hydrazine groups is 2. The van der Waals surface area contributed by atoms with Crippen molar-refractivity contribution in [3.05, 3.63) is 0 Å². The molecule has 0 spiro atoms. The molecule has 0 bridgehead atoms. The van der Waals surface area contributed by atoms with Gasteiger partial charge in [0.15, 0.2) is 5.11 Å². The molecule has 6 N–H and O–H groups in total. The number of nitrogens with zero attached hydrogens (tertiary/aromatic N) is 1. The summed E-state index contributed by atoms with van der Waals surface area (Å²) in [6.45, 7) is 1.73. The number of nitrogens with one attached hydrogen (secondary N) is 2. The molecule has 0 saturated heterocycles. The van der Waals surface area contributed by atoms with Crippen molar-refractivity contribution in [1.29, 1.82) is 0 Å². The number of ether oxygens (including phenoxy) is 1. The summed E-state index contributed by atoms with van der Waals surface area (Å²) in [6.07, 6.45) is -0.876. The van der Waals surface area contributed by atoms with Gasteiger partial charge in [0.25, 0.3) is 0 Å². The lowest BCUT2D eigenvalue weighted by molar-refractivity contribution is 0.0801. The zero-order chi connectivity index (χ0) is 11.1. The Bertz CT molecular complexity index is 230. The number of primary amides is 1. The second-order valence-electron chi connectivity index (χ2n) is 1.99. The minimum Gasteiger partial charge on any atom is -0.447 e. The monoisotopic (exact) mass is 221 g/mol. The first-order valence-corrected chi connectivity index (χ1v) is 3.97. The van der Waals surface area contributed by atoms with Gasteiger partial charge in [0, 0.05) is 0 Å². The van der Waals surface area contributed by atoms with Gasteiger partial charge in [-0.3, -0.25) is 0 Å². The van der Waals surface area contributed by atoms with Crippen molar-refractivity contribution in [2.75, 3.05) is 6.61 Å². The van der Waals surface area contributed by atoms with Crippen molar-refractivity contribution in [3.8, 4) is 0 Å². The molecular formula is C5H11N5O3S. The SMILES string of the molecule is CCOC(=O)N(NC(N)=O)NC(N)=S. The summed E-state index contributed by atoms with van der Waals surface area (Å²) in [5, 5.41) is 0.334. The van der Waals surface area contributed by atoms with Crippen LogP contribution in [0.2, 0.25) is 0 Å². The third kappa shape index (κ3) is 4.98. The van der Waals surface area contributed by atoms with Gasteiger partial charge in [-0.15, -0.1) is 5.12 Å². The quantitative estimate of drug-likeness (QED) is 0.325. The molecule has 0 rings (SSSR count). The van der Waals surface area contributed by atoms with Gasteiger partial charge in [-0.1, -0.05) is 0 Å². The number of carbonyl (C=O) groups excluding carboxylic acids is 2. The third-order valence-electron chi connectivity index (χ3n) is 0.894. The summed E-state index contributed by atoms with van der Waals surface area (Å²) in [5.74, 6) is 0. The fraction of sp³-hybridized carbons (Fsp3) is 0.400. The molecule has 0 aliphatic rings. The Kier molecular flexibility index (Phi) is 5.07. The number of rotatable bonds is 1. The van der Waals surface area contributed by atoms with Crippen molar-refractivity contribution in [1.82, 2.24) is 16.0 Å². The number of urea groups is 1. The van der Waals surface area contributed by atoms with Crippen LogP contribution in [0, 0.1) is 0 Å². The van der Waals surface area contributed by atoms with Crippen LogP contribution >= 0.6 is 12.2 Å². The number of amides is 3. The minimum atomic E-state index is -0.957.